The lowest BCUT2D eigenvalue weighted by Gasteiger charge is -2.12. The summed E-state index contributed by atoms with van der Waals surface area (Å²) in [5.74, 6) is 0.943. The summed E-state index contributed by atoms with van der Waals surface area (Å²) in [5, 5.41) is 1.16. The smallest absolute Gasteiger partial charge is 0.136 e. The van der Waals surface area contributed by atoms with Crippen LogP contribution >= 0.6 is 0 Å². The average molecular weight is 243 g/mol. The Bertz CT molecular complexity index is 471. The van der Waals surface area contributed by atoms with E-state index in [1.165, 1.54) is 5.56 Å². The van der Waals surface area contributed by atoms with Crippen LogP contribution in [0.5, 0.6) is 5.75 Å². The highest BCUT2D eigenvalue weighted by atomic mass is 28.3. The van der Waals surface area contributed by atoms with Gasteiger partial charge in [-0.15, -0.1) is 0 Å². The molecule has 0 spiro atoms. The second kappa shape index (κ2) is 5.64. The van der Waals surface area contributed by atoms with Gasteiger partial charge in [-0.1, -0.05) is 43.4 Å². The minimum absolute atomic E-state index is 0.612. The Labute approximate surface area is 104 Å². The predicted molar refractivity (Wildman–Crippen MR) is 73.5 cm³/mol. The Hall–Kier alpha value is -1.61. The molecule has 0 amide bonds. The summed E-state index contributed by atoms with van der Waals surface area (Å²) in [6.07, 6.45) is 1.84. The third-order valence-electron chi connectivity index (χ3n) is 2.58. The molecule has 1 aromatic heterocycles. The second-order valence-electron chi connectivity index (χ2n) is 4.32. The molecule has 2 nitrogen and oxygen atoms in total. The van der Waals surface area contributed by atoms with Crippen molar-refractivity contribution in [3.05, 3.63) is 54.2 Å². The van der Waals surface area contributed by atoms with E-state index in [0.717, 1.165) is 11.1 Å². The Kier molecular flexibility index (Phi) is 3.93. The summed E-state index contributed by atoms with van der Waals surface area (Å²) >= 11 is 0. The van der Waals surface area contributed by atoms with Crippen molar-refractivity contribution < 1.29 is 4.74 Å². The third-order valence-corrected chi connectivity index (χ3v) is 4.11. The number of nitrogens with zero attached hydrogens (tertiary/aromatic N) is 1. The van der Waals surface area contributed by atoms with E-state index in [1.807, 2.05) is 36.5 Å². The van der Waals surface area contributed by atoms with Gasteiger partial charge in [0.1, 0.15) is 12.4 Å². The van der Waals surface area contributed by atoms with Gasteiger partial charge < -0.3 is 4.74 Å². The molecule has 3 heteroatoms. The molecule has 1 aromatic carbocycles. The van der Waals surface area contributed by atoms with Crippen LogP contribution in [0.2, 0.25) is 13.1 Å². The first-order valence-electron chi connectivity index (χ1n) is 5.89. The highest BCUT2D eigenvalue weighted by Crippen LogP contribution is 2.09. The molecular weight excluding hydrogens is 226 g/mol. The van der Waals surface area contributed by atoms with Crippen LogP contribution in [-0.2, 0) is 6.61 Å². The molecule has 0 aliphatic rings. The lowest BCUT2D eigenvalue weighted by molar-refractivity contribution is 0.308. The van der Waals surface area contributed by atoms with E-state index >= 15 is 0 Å². The number of benzene rings is 1. The molecule has 0 aliphatic carbocycles. The lowest BCUT2D eigenvalue weighted by Crippen LogP contribution is -2.27. The van der Waals surface area contributed by atoms with Gasteiger partial charge in [0.05, 0.1) is 14.1 Å². The number of ether oxygens (including phenoxy) is 1. The molecule has 0 fully saturated rings. The number of hydrogen-bond donors (Lipinski definition) is 0. The zero-order valence-electron chi connectivity index (χ0n) is 10.3. The Balaban J connectivity index is 2.09. The Morgan fingerprint density at radius 1 is 1.06 bits per heavy atom. The molecule has 0 N–H and O–H groups in total. The zero-order valence-corrected chi connectivity index (χ0v) is 11.4. The van der Waals surface area contributed by atoms with Crippen LogP contribution in [0.4, 0.5) is 0 Å². The molecule has 0 saturated heterocycles. The molecule has 0 radical (unpaired) electrons. The van der Waals surface area contributed by atoms with Crippen LogP contribution in [-0.4, -0.2) is 13.8 Å². The van der Waals surface area contributed by atoms with Crippen LogP contribution in [0.3, 0.4) is 0 Å². The maximum absolute atomic E-state index is 5.86. The molecule has 0 atom stereocenters. The third kappa shape index (κ3) is 3.17. The van der Waals surface area contributed by atoms with E-state index in [9.17, 15) is 0 Å². The second-order valence-corrected chi connectivity index (χ2v) is 7.17. The highest BCUT2D eigenvalue weighted by molar-refractivity contribution is 6.70. The SMILES string of the molecule is C[SiH](C)c1ncccc1OCc1ccccc1. The van der Waals surface area contributed by atoms with E-state index in [1.54, 1.807) is 0 Å². The number of hydrogen-bond acceptors (Lipinski definition) is 2. The molecule has 88 valence electrons. The van der Waals surface area contributed by atoms with Crippen molar-refractivity contribution in [1.82, 2.24) is 4.98 Å². The summed E-state index contributed by atoms with van der Waals surface area (Å²) in [6, 6.07) is 14.2. The Morgan fingerprint density at radius 2 is 1.82 bits per heavy atom. The Morgan fingerprint density at radius 3 is 2.53 bits per heavy atom. The maximum atomic E-state index is 5.86. The molecule has 1 heterocycles. The van der Waals surface area contributed by atoms with Crippen LogP contribution in [0, 0.1) is 0 Å². The van der Waals surface area contributed by atoms with Gasteiger partial charge in [0.2, 0.25) is 0 Å². The van der Waals surface area contributed by atoms with Crippen LogP contribution in [0.15, 0.2) is 48.7 Å². The number of pyridine rings is 1. The van der Waals surface area contributed by atoms with Crippen LogP contribution in [0.25, 0.3) is 0 Å². The van der Waals surface area contributed by atoms with Crippen molar-refractivity contribution in [3.8, 4) is 5.75 Å². The molecule has 17 heavy (non-hydrogen) atoms. The van der Waals surface area contributed by atoms with Gasteiger partial charge in [-0.2, -0.15) is 0 Å². The van der Waals surface area contributed by atoms with E-state index in [2.05, 4.69) is 30.2 Å². The topological polar surface area (TPSA) is 22.1 Å². The average Bonchev–Trinajstić information content (AvgIpc) is 2.38. The summed E-state index contributed by atoms with van der Waals surface area (Å²) in [4.78, 5) is 4.43. The number of aromatic nitrogens is 1. The van der Waals surface area contributed by atoms with E-state index in [0.29, 0.717) is 6.61 Å². The van der Waals surface area contributed by atoms with E-state index in [-0.39, 0.29) is 0 Å². The van der Waals surface area contributed by atoms with Gasteiger partial charge in [-0.25, -0.2) is 0 Å². The maximum Gasteiger partial charge on any atom is 0.136 e. The van der Waals surface area contributed by atoms with Crippen molar-refractivity contribution in [3.63, 3.8) is 0 Å². The molecule has 0 saturated carbocycles. The first-order chi connectivity index (χ1) is 8.27. The van der Waals surface area contributed by atoms with Crippen molar-refractivity contribution in [2.45, 2.75) is 19.7 Å². The van der Waals surface area contributed by atoms with Crippen molar-refractivity contribution in [2.75, 3.05) is 0 Å². The fourth-order valence-corrected chi connectivity index (χ4v) is 2.83. The minimum Gasteiger partial charge on any atom is -0.487 e. The highest BCUT2D eigenvalue weighted by Gasteiger charge is 2.09. The van der Waals surface area contributed by atoms with Gasteiger partial charge >= 0.3 is 0 Å². The molecule has 2 rings (SSSR count). The van der Waals surface area contributed by atoms with Crippen LogP contribution < -0.4 is 10.1 Å². The van der Waals surface area contributed by atoms with Crippen molar-refractivity contribution in [2.24, 2.45) is 0 Å². The van der Waals surface area contributed by atoms with Gasteiger partial charge in [0.25, 0.3) is 0 Å². The van der Waals surface area contributed by atoms with Gasteiger partial charge in [0.15, 0.2) is 0 Å². The normalized spacial score (nSPS) is 10.5. The molecular formula is C14H17NOSi. The standard InChI is InChI=1S/C14H17NOSi/c1-17(2)14-13(9-6-10-15-14)16-11-12-7-4-3-5-8-12/h3-10,17H,11H2,1-2H3. The molecule has 0 unspecified atom stereocenters. The zero-order chi connectivity index (χ0) is 12.1. The molecule has 0 aliphatic heterocycles. The largest absolute Gasteiger partial charge is 0.487 e. The minimum atomic E-state index is -0.930. The summed E-state index contributed by atoms with van der Waals surface area (Å²) < 4.78 is 5.86. The summed E-state index contributed by atoms with van der Waals surface area (Å²) in [6.45, 7) is 5.13. The van der Waals surface area contributed by atoms with Gasteiger partial charge in [-0.3, -0.25) is 4.98 Å². The van der Waals surface area contributed by atoms with Gasteiger partial charge in [0, 0.05) is 6.20 Å². The first-order valence-corrected chi connectivity index (χ1v) is 8.77. The monoisotopic (exact) mass is 243 g/mol. The lowest BCUT2D eigenvalue weighted by atomic mass is 10.2. The fourth-order valence-electron chi connectivity index (χ4n) is 1.69. The predicted octanol–water partition coefficient (Wildman–Crippen LogP) is 2.35. The first kappa shape index (κ1) is 11.9. The van der Waals surface area contributed by atoms with Crippen molar-refractivity contribution in [1.29, 1.82) is 0 Å². The van der Waals surface area contributed by atoms with E-state index < -0.39 is 8.80 Å². The quantitative estimate of drug-likeness (QED) is 0.769. The van der Waals surface area contributed by atoms with Crippen LogP contribution in [0.1, 0.15) is 5.56 Å². The molecule has 0 bridgehead atoms. The molecule has 2 aromatic rings. The van der Waals surface area contributed by atoms with E-state index in [4.69, 9.17) is 4.74 Å². The summed E-state index contributed by atoms with van der Waals surface area (Å²) in [5.41, 5.74) is 1.19. The summed E-state index contributed by atoms with van der Waals surface area (Å²) in [7, 11) is -0.930. The van der Waals surface area contributed by atoms with Crippen molar-refractivity contribution >= 4 is 14.1 Å². The van der Waals surface area contributed by atoms with Gasteiger partial charge in [-0.05, 0) is 17.7 Å². The number of rotatable bonds is 4. The fraction of sp³-hybridized carbons (Fsp3) is 0.214.